The molecule has 1 aromatic carbocycles. The van der Waals surface area contributed by atoms with Crippen LogP contribution in [-0.2, 0) is 0 Å². The number of nitrogens with zero attached hydrogens (tertiary/aromatic N) is 3. The molecule has 1 aliphatic rings. The number of rotatable bonds is 10. The van der Waals surface area contributed by atoms with Crippen LogP contribution in [0.15, 0.2) is 35.3 Å². The van der Waals surface area contributed by atoms with Gasteiger partial charge in [0, 0.05) is 39.1 Å². The van der Waals surface area contributed by atoms with E-state index in [4.69, 9.17) is 4.74 Å². The second-order valence-corrected chi connectivity index (χ2v) is 7.05. The molecule has 0 saturated carbocycles. The fourth-order valence-electron chi connectivity index (χ4n) is 3.14. The van der Waals surface area contributed by atoms with Crippen molar-refractivity contribution in [2.24, 2.45) is 4.99 Å². The van der Waals surface area contributed by atoms with E-state index in [1.807, 2.05) is 30.3 Å². The van der Waals surface area contributed by atoms with E-state index < -0.39 is 0 Å². The lowest BCUT2D eigenvalue weighted by Gasteiger charge is -2.20. The zero-order valence-corrected chi connectivity index (χ0v) is 17.1. The van der Waals surface area contributed by atoms with Crippen LogP contribution in [0.25, 0.3) is 0 Å². The Bertz CT molecular complexity index is 523. The molecule has 1 aromatic rings. The summed E-state index contributed by atoms with van der Waals surface area (Å²) in [5.41, 5.74) is 0. The van der Waals surface area contributed by atoms with Crippen molar-refractivity contribution in [2.45, 2.75) is 26.2 Å². The summed E-state index contributed by atoms with van der Waals surface area (Å²) in [6.07, 6.45) is 3.33. The van der Waals surface area contributed by atoms with Gasteiger partial charge < -0.3 is 25.2 Å². The smallest absolute Gasteiger partial charge is 0.191 e. The monoisotopic (exact) mass is 375 g/mol. The largest absolute Gasteiger partial charge is 0.494 e. The third-order valence-corrected chi connectivity index (χ3v) is 4.68. The molecule has 1 saturated heterocycles. The molecule has 0 atom stereocenters. The summed E-state index contributed by atoms with van der Waals surface area (Å²) in [7, 11) is 2.22. The van der Waals surface area contributed by atoms with Crippen molar-refractivity contribution in [2.75, 3.05) is 66.0 Å². The highest BCUT2D eigenvalue weighted by Gasteiger charge is 2.11. The van der Waals surface area contributed by atoms with E-state index in [-0.39, 0.29) is 0 Å². The van der Waals surface area contributed by atoms with Gasteiger partial charge in [0.25, 0.3) is 0 Å². The minimum absolute atomic E-state index is 0.691. The van der Waals surface area contributed by atoms with Gasteiger partial charge >= 0.3 is 0 Å². The number of likely N-dealkylation sites (N-methyl/N-ethyl adjacent to an activating group) is 1. The summed E-state index contributed by atoms with van der Waals surface area (Å²) in [6.45, 7) is 11.4. The van der Waals surface area contributed by atoms with Crippen LogP contribution in [0.1, 0.15) is 26.2 Å². The molecule has 6 heteroatoms. The van der Waals surface area contributed by atoms with Crippen LogP contribution >= 0.6 is 0 Å². The number of ether oxygens (including phenoxy) is 1. The lowest BCUT2D eigenvalue weighted by molar-refractivity contribution is 0.274. The maximum absolute atomic E-state index is 5.71. The molecule has 0 spiro atoms. The summed E-state index contributed by atoms with van der Waals surface area (Å²) in [5.74, 6) is 1.83. The Labute approximate surface area is 165 Å². The molecule has 2 rings (SSSR count). The summed E-state index contributed by atoms with van der Waals surface area (Å²) in [6, 6.07) is 9.94. The Balaban J connectivity index is 1.58. The summed E-state index contributed by atoms with van der Waals surface area (Å²) in [4.78, 5) is 9.65. The molecule has 0 unspecified atom stereocenters. The van der Waals surface area contributed by atoms with Gasteiger partial charge in [0.05, 0.1) is 6.61 Å². The van der Waals surface area contributed by atoms with Crippen molar-refractivity contribution in [3.8, 4) is 5.75 Å². The zero-order valence-electron chi connectivity index (χ0n) is 17.1. The molecule has 0 aliphatic carbocycles. The van der Waals surface area contributed by atoms with E-state index in [0.717, 1.165) is 50.7 Å². The van der Waals surface area contributed by atoms with Crippen LogP contribution in [0, 0.1) is 0 Å². The number of benzene rings is 1. The van der Waals surface area contributed by atoms with Gasteiger partial charge in [-0.1, -0.05) is 18.2 Å². The fraction of sp³-hybridized carbons (Fsp3) is 0.667. The molecule has 1 aliphatic heterocycles. The number of nitrogens with one attached hydrogen (secondary N) is 2. The lowest BCUT2D eigenvalue weighted by atomic mass is 10.3. The SMILES string of the molecule is CCNC(=NCCCOc1ccccc1)NCCCN1CCCN(C)CC1. The van der Waals surface area contributed by atoms with Gasteiger partial charge in [0.1, 0.15) is 5.75 Å². The van der Waals surface area contributed by atoms with E-state index in [9.17, 15) is 0 Å². The van der Waals surface area contributed by atoms with Crippen LogP contribution in [0.2, 0.25) is 0 Å². The van der Waals surface area contributed by atoms with Gasteiger partial charge in [-0.15, -0.1) is 0 Å². The molecule has 0 bridgehead atoms. The summed E-state index contributed by atoms with van der Waals surface area (Å²) >= 11 is 0. The van der Waals surface area contributed by atoms with Crippen molar-refractivity contribution in [3.63, 3.8) is 0 Å². The average molecular weight is 376 g/mol. The maximum Gasteiger partial charge on any atom is 0.191 e. The molecular formula is C21H37N5O. The van der Waals surface area contributed by atoms with Gasteiger partial charge in [0.2, 0.25) is 0 Å². The first-order valence-electron chi connectivity index (χ1n) is 10.4. The quantitative estimate of drug-likeness (QED) is 0.372. The highest BCUT2D eigenvalue weighted by atomic mass is 16.5. The number of para-hydroxylation sites is 1. The highest BCUT2D eigenvalue weighted by Crippen LogP contribution is 2.08. The number of guanidine groups is 1. The van der Waals surface area contributed by atoms with Gasteiger partial charge in [-0.25, -0.2) is 0 Å². The molecule has 1 heterocycles. The third-order valence-electron chi connectivity index (χ3n) is 4.68. The van der Waals surface area contributed by atoms with Crippen molar-refractivity contribution in [1.82, 2.24) is 20.4 Å². The molecular weight excluding hydrogens is 338 g/mol. The molecule has 27 heavy (non-hydrogen) atoms. The van der Waals surface area contributed by atoms with E-state index >= 15 is 0 Å². The normalized spacial score (nSPS) is 16.7. The van der Waals surface area contributed by atoms with E-state index in [2.05, 4.69) is 39.4 Å². The molecule has 0 amide bonds. The maximum atomic E-state index is 5.71. The minimum atomic E-state index is 0.691. The predicted molar refractivity (Wildman–Crippen MR) is 114 cm³/mol. The molecule has 0 radical (unpaired) electrons. The number of hydrogen-bond acceptors (Lipinski definition) is 4. The first-order chi connectivity index (χ1) is 13.3. The molecule has 0 aromatic heterocycles. The minimum Gasteiger partial charge on any atom is -0.494 e. The van der Waals surface area contributed by atoms with E-state index in [0.29, 0.717) is 6.61 Å². The molecule has 152 valence electrons. The Morgan fingerprint density at radius 1 is 1.07 bits per heavy atom. The number of hydrogen-bond donors (Lipinski definition) is 2. The van der Waals surface area contributed by atoms with Gasteiger partial charge in [-0.3, -0.25) is 4.99 Å². The number of aliphatic imine (C=N–C) groups is 1. The standard InChI is InChI=1S/C21H37N5O/c1-3-22-21(24-13-8-19-27-20-10-5-4-6-11-20)23-12-7-15-26-16-9-14-25(2)17-18-26/h4-6,10-11H,3,7-9,12-19H2,1-2H3,(H2,22,23,24). The van der Waals surface area contributed by atoms with Crippen LogP contribution in [0.3, 0.4) is 0 Å². The predicted octanol–water partition coefficient (Wildman–Crippen LogP) is 2.04. The van der Waals surface area contributed by atoms with Crippen molar-refractivity contribution in [1.29, 1.82) is 0 Å². The Morgan fingerprint density at radius 2 is 1.93 bits per heavy atom. The van der Waals surface area contributed by atoms with E-state index in [1.165, 1.54) is 32.6 Å². The van der Waals surface area contributed by atoms with E-state index in [1.54, 1.807) is 0 Å². The van der Waals surface area contributed by atoms with Gasteiger partial charge in [-0.05, 0) is 58.6 Å². The van der Waals surface area contributed by atoms with Gasteiger partial charge in [-0.2, -0.15) is 0 Å². The second kappa shape index (κ2) is 13.4. The first kappa shape index (κ1) is 21.5. The second-order valence-electron chi connectivity index (χ2n) is 7.05. The highest BCUT2D eigenvalue weighted by molar-refractivity contribution is 5.79. The lowest BCUT2D eigenvalue weighted by Crippen LogP contribution is -2.39. The van der Waals surface area contributed by atoms with Gasteiger partial charge in [0.15, 0.2) is 5.96 Å². The Kier molecular flexibility index (Phi) is 10.7. The Morgan fingerprint density at radius 3 is 2.74 bits per heavy atom. The summed E-state index contributed by atoms with van der Waals surface area (Å²) in [5, 5.41) is 6.78. The summed E-state index contributed by atoms with van der Waals surface area (Å²) < 4.78 is 5.71. The zero-order chi connectivity index (χ0) is 19.2. The first-order valence-corrected chi connectivity index (χ1v) is 10.4. The van der Waals surface area contributed by atoms with Crippen LogP contribution in [0.4, 0.5) is 0 Å². The fourth-order valence-corrected chi connectivity index (χ4v) is 3.14. The molecule has 1 fully saturated rings. The van der Waals surface area contributed by atoms with Crippen molar-refractivity contribution >= 4 is 5.96 Å². The van der Waals surface area contributed by atoms with Crippen LogP contribution < -0.4 is 15.4 Å². The van der Waals surface area contributed by atoms with Crippen molar-refractivity contribution < 1.29 is 4.74 Å². The van der Waals surface area contributed by atoms with Crippen LogP contribution in [0.5, 0.6) is 5.75 Å². The van der Waals surface area contributed by atoms with Crippen molar-refractivity contribution in [3.05, 3.63) is 30.3 Å². The molecule has 2 N–H and O–H groups in total. The third kappa shape index (κ3) is 9.63. The topological polar surface area (TPSA) is 52.1 Å². The molecule has 6 nitrogen and oxygen atoms in total. The average Bonchev–Trinajstić information content (AvgIpc) is 2.90. The van der Waals surface area contributed by atoms with Crippen LogP contribution in [-0.4, -0.2) is 81.8 Å². The Hall–Kier alpha value is -1.79.